The van der Waals surface area contributed by atoms with Crippen LogP contribution in [0.25, 0.3) is 27.7 Å². The van der Waals surface area contributed by atoms with Crippen molar-refractivity contribution in [2.24, 2.45) is 4.99 Å². The largest absolute Gasteiger partial charge is 0.496 e. The third-order valence-electron chi connectivity index (χ3n) is 6.39. The van der Waals surface area contributed by atoms with Crippen LogP contribution in [0, 0.1) is 12.7 Å². The number of aryl methyl sites for hydroxylation is 1. The number of benzene rings is 3. The molecule has 1 N–H and O–H groups in total. The van der Waals surface area contributed by atoms with Crippen LogP contribution >= 0.6 is 0 Å². The number of carbonyl (C=O) groups is 1. The Morgan fingerprint density at radius 2 is 1.88 bits per heavy atom. The molecular weight excluding hydrogens is 431 g/mol. The lowest BCUT2D eigenvalue weighted by Gasteiger charge is -2.17. The highest BCUT2D eigenvalue weighted by molar-refractivity contribution is 6.04. The molecule has 0 aliphatic carbocycles. The molecule has 1 aromatic heterocycles. The summed E-state index contributed by atoms with van der Waals surface area (Å²) in [6, 6.07) is 14.4. The van der Waals surface area contributed by atoms with Gasteiger partial charge in [-0.3, -0.25) is 4.99 Å². The number of aromatic carboxylic acids is 1. The summed E-state index contributed by atoms with van der Waals surface area (Å²) in [5.41, 5.74) is 7.70. The number of hydrogen-bond acceptors (Lipinski definition) is 3. The number of ether oxygens (including phenoxy) is 1. The standard InChI is InChI=1S/C28H25FN2O3/c1-15(2)26-25(17-9-16(3)27(34-4)23(10-17)28(32)33)22-11-18-13-30-14-19(18)12-24(22)31(26)21-7-5-20(29)6-8-21/h5-12,14-15H,13H2,1-4H3,(H,32,33). The summed E-state index contributed by atoms with van der Waals surface area (Å²) in [5.74, 6) is -0.869. The predicted molar refractivity (Wildman–Crippen MR) is 132 cm³/mol. The summed E-state index contributed by atoms with van der Waals surface area (Å²) in [6.07, 6.45) is 1.88. The summed E-state index contributed by atoms with van der Waals surface area (Å²) in [4.78, 5) is 16.5. The number of aliphatic imine (C=N–C) groups is 1. The molecule has 1 aliphatic rings. The Bertz CT molecular complexity index is 1480. The van der Waals surface area contributed by atoms with Gasteiger partial charge in [-0.25, -0.2) is 9.18 Å². The van der Waals surface area contributed by atoms with Gasteiger partial charge in [-0.15, -0.1) is 0 Å². The number of rotatable bonds is 5. The lowest BCUT2D eigenvalue weighted by Crippen LogP contribution is -2.05. The molecule has 0 radical (unpaired) electrons. The van der Waals surface area contributed by atoms with Crippen LogP contribution in [-0.4, -0.2) is 29.0 Å². The molecule has 0 amide bonds. The van der Waals surface area contributed by atoms with Gasteiger partial charge in [0, 0.05) is 28.5 Å². The molecule has 2 heterocycles. The van der Waals surface area contributed by atoms with Gasteiger partial charge in [0.1, 0.15) is 17.1 Å². The Balaban J connectivity index is 1.92. The summed E-state index contributed by atoms with van der Waals surface area (Å²) >= 11 is 0. The van der Waals surface area contributed by atoms with Crippen molar-refractivity contribution in [2.45, 2.75) is 33.2 Å². The van der Waals surface area contributed by atoms with Crippen molar-refractivity contribution in [1.82, 2.24) is 4.57 Å². The molecule has 5 rings (SSSR count). The molecule has 4 aromatic rings. The molecule has 0 saturated carbocycles. The molecule has 0 bridgehead atoms. The van der Waals surface area contributed by atoms with Crippen molar-refractivity contribution < 1.29 is 19.0 Å². The van der Waals surface area contributed by atoms with E-state index in [9.17, 15) is 14.3 Å². The first-order chi connectivity index (χ1) is 16.3. The lowest BCUT2D eigenvalue weighted by molar-refractivity contribution is 0.0693. The molecular formula is C28H25FN2O3. The van der Waals surface area contributed by atoms with Crippen LogP contribution in [0.15, 0.2) is 53.5 Å². The zero-order valence-corrected chi connectivity index (χ0v) is 19.5. The minimum atomic E-state index is -1.04. The van der Waals surface area contributed by atoms with Crippen LogP contribution in [0.4, 0.5) is 4.39 Å². The van der Waals surface area contributed by atoms with Gasteiger partial charge in [0.05, 0.1) is 19.2 Å². The third kappa shape index (κ3) is 3.37. The molecule has 3 aromatic carbocycles. The van der Waals surface area contributed by atoms with E-state index in [-0.39, 0.29) is 17.3 Å². The van der Waals surface area contributed by atoms with E-state index in [0.717, 1.165) is 50.1 Å². The molecule has 0 unspecified atom stereocenters. The number of nitrogens with zero attached hydrogens (tertiary/aromatic N) is 2. The number of aromatic nitrogens is 1. The second-order valence-corrected chi connectivity index (χ2v) is 8.94. The molecule has 172 valence electrons. The van der Waals surface area contributed by atoms with Gasteiger partial charge in [0.25, 0.3) is 0 Å². The number of carboxylic acids is 1. The molecule has 0 atom stereocenters. The molecule has 1 aliphatic heterocycles. The molecule has 0 spiro atoms. The van der Waals surface area contributed by atoms with E-state index in [4.69, 9.17) is 4.74 Å². The average Bonchev–Trinajstić information content (AvgIpc) is 3.39. The summed E-state index contributed by atoms with van der Waals surface area (Å²) in [6.45, 7) is 6.70. The van der Waals surface area contributed by atoms with Gasteiger partial charge in [-0.05, 0) is 83.6 Å². The maximum Gasteiger partial charge on any atom is 0.339 e. The maximum atomic E-state index is 13.8. The van der Waals surface area contributed by atoms with E-state index in [1.807, 2.05) is 19.2 Å². The second kappa shape index (κ2) is 8.13. The first-order valence-corrected chi connectivity index (χ1v) is 11.2. The lowest BCUT2D eigenvalue weighted by atomic mass is 9.92. The van der Waals surface area contributed by atoms with Gasteiger partial charge in [-0.2, -0.15) is 0 Å². The van der Waals surface area contributed by atoms with Crippen LogP contribution in [0.5, 0.6) is 5.75 Å². The van der Waals surface area contributed by atoms with Crippen LogP contribution in [0.3, 0.4) is 0 Å². The van der Waals surface area contributed by atoms with Crippen molar-refractivity contribution in [2.75, 3.05) is 7.11 Å². The Hall–Kier alpha value is -3.93. The third-order valence-corrected chi connectivity index (χ3v) is 6.39. The van der Waals surface area contributed by atoms with Gasteiger partial charge < -0.3 is 14.4 Å². The van der Waals surface area contributed by atoms with E-state index in [1.54, 1.807) is 18.2 Å². The highest BCUT2D eigenvalue weighted by Gasteiger charge is 2.26. The number of fused-ring (bicyclic) bond motifs is 2. The minimum absolute atomic E-state index is 0.103. The van der Waals surface area contributed by atoms with Gasteiger partial charge in [-0.1, -0.05) is 13.8 Å². The van der Waals surface area contributed by atoms with Crippen LogP contribution in [0.1, 0.15) is 52.5 Å². The van der Waals surface area contributed by atoms with E-state index >= 15 is 0 Å². The molecule has 0 fully saturated rings. The topological polar surface area (TPSA) is 63.8 Å². The molecule has 6 heteroatoms. The van der Waals surface area contributed by atoms with Crippen molar-refractivity contribution >= 4 is 23.1 Å². The second-order valence-electron chi connectivity index (χ2n) is 8.94. The van der Waals surface area contributed by atoms with Crippen molar-refractivity contribution in [3.8, 4) is 22.6 Å². The Labute approximate surface area is 197 Å². The van der Waals surface area contributed by atoms with Crippen molar-refractivity contribution in [1.29, 1.82) is 0 Å². The Kier molecular flexibility index (Phi) is 5.24. The number of methoxy groups -OCH3 is 1. The Morgan fingerprint density at radius 3 is 2.53 bits per heavy atom. The fraction of sp³-hybridized carbons (Fsp3) is 0.214. The highest BCUT2D eigenvalue weighted by Crippen LogP contribution is 2.43. The summed E-state index contributed by atoms with van der Waals surface area (Å²) < 4.78 is 21.3. The fourth-order valence-corrected chi connectivity index (χ4v) is 4.98. The van der Waals surface area contributed by atoms with E-state index in [0.29, 0.717) is 12.3 Å². The van der Waals surface area contributed by atoms with Gasteiger partial charge >= 0.3 is 5.97 Å². The molecule has 5 nitrogen and oxygen atoms in total. The average molecular weight is 457 g/mol. The quantitative estimate of drug-likeness (QED) is 0.372. The first kappa shape index (κ1) is 21.9. The zero-order chi connectivity index (χ0) is 24.1. The summed E-state index contributed by atoms with van der Waals surface area (Å²) in [5, 5.41) is 10.9. The SMILES string of the molecule is COc1c(C)cc(-c2c(C(C)C)n(-c3ccc(F)cc3)c3cc4c(cc23)CN=C4)cc1C(=O)O. The van der Waals surface area contributed by atoms with Gasteiger partial charge in [0.2, 0.25) is 0 Å². The first-order valence-electron chi connectivity index (χ1n) is 11.2. The number of carboxylic acid groups (broad SMARTS) is 1. The normalized spacial score (nSPS) is 12.5. The van der Waals surface area contributed by atoms with Crippen molar-refractivity contribution in [3.63, 3.8) is 0 Å². The number of halogens is 1. The summed E-state index contributed by atoms with van der Waals surface area (Å²) in [7, 11) is 1.48. The van der Waals surface area contributed by atoms with Crippen molar-refractivity contribution in [3.05, 3.63) is 82.3 Å². The van der Waals surface area contributed by atoms with E-state index < -0.39 is 5.97 Å². The van der Waals surface area contributed by atoms with Crippen LogP contribution in [0.2, 0.25) is 0 Å². The van der Waals surface area contributed by atoms with E-state index in [1.165, 1.54) is 19.2 Å². The zero-order valence-electron chi connectivity index (χ0n) is 19.5. The minimum Gasteiger partial charge on any atom is -0.496 e. The van der Waals surface area contributed by atoms with Crippen LogP contribution in [-0.2, 0) is 6.54 Å². The predicted octanol–water partition coefficient (Wildman–Crippen LogP) is 6.51. The number of hydrogen-bond donors (Lipinski definition) is 1. The smallest absolute Gasteiger partial charge is 0.339 e. The Morgan fingerprint density at radius 1 is 1.15 bits per heavy atom. The molecule has 0 saturated heterocycles. The highest BCUT2D eigenvalue weighted by atomic mass is 19.1. The van der Waals surface area contributed by atoms with E-state index in [2.05, 4.69) is 35.5 Å². The maximum absolute atomic E-state index is 13.8. The van der Waals surface area contributed by atoms with Gasteiger partial charge in [0.15, 0.2) is 0 Å². The van der Waals surface area contributed by atoms with Crippen LogP contribution < -0.4 is 4.74 Å². The fourth-order valence-electron chi connectivity index (χ4n) is 4.98. The molecule has 34 heavy (non-hydrogen) atoms. The monoisotopic (exact) mass is 456 g/mol.